The van der Waals surface area contributed by atoms with Crippen LogP contribution in [0.25, 0.3) is 11.3 Å². The van der Waals surface area contributed by atoms with Gasteiger partial charge in [-0.2, -0.15) is 14.6 Å². The van der Waals surface area contributed by atoms with Crippen molar-refractivity contribution in [2.45, 2.75) is 104 Å². The molecule has 0 saturated heterocycles. The van der Waals surface area contributed by atoms with Gasteiger partial charge in [0, 0.05) is 5.56 Å². The molecule has 188 valence electrons. The van der Waals surface area contributed by atoms with Crippen LogP contribution in [0, 0.1) is 23.5 Å². The Hall–Kier alpha value is -2.04. The van der Waals surface area contributed by atoms with Crippen LogP contribution in [0.3, 0.4) is 0 Å². The Morgan fingerprint density at radius 1 is 0.765 bits per heavy atom. The highest BCUT2D eigenvalue weighted by atomic mass is 19.2. The van der Waals surface area contributed by atoms with Gasteiger partial charge in [0.25, 0.3) is 0 Å². The second kappa shape index (κ2) is 14.4. The number of unbranched alkanes of at least 4 members (excludes halogenated alkanes) is 5. The zero-order valence-electron chi connectivity index (χ0n) is 21.1. The Kier molecular flexibility index (Phi) is 11.2. The molecular formula is C29H42F2N2O. The molecule has 34 heavy (non-hydrogen) atoms. The third-order valence-electron chi connectivity index (χ3n) is 7.29. The summed E-state index contributed by atoms with van der Waals surface area (Å²) in [5, 5.41) is 8.49. The molecule has 0 amide bonds. The molecular weight excluding hydrogens is 430 g/mol. The van der Waals surface area contributed by atoms with Crippen LogP contribution >= 0.6 is 0 Å². The second-order valence-corrected chi connectivity index (χ2v) is 9.98. The van der Waals surface area contributed by atoms with Crippen LogP contribution < -0.4 is 4.74 Å². The Morgan fingerprint density at radius 3 is 2.15 bits per heavy atom. The Balaban J connectivity index is 1.44. The van der Waals surface area contributed by atoms with E-state index in [0.29, 0.717) is 12.3 Å². The van der Waals surface area contributed by atoms with E-state index in [4.69, 9.17) is 4.74 Å². The van der Waals surface area contributed by atoms with E-state index in [1.165, 1.54) is 76.3 Å². The third-order valence-corrected chi connectivity index (χ3v) is 7.29. The van der Waals surface area contributed by atoms with Gasteiger partial charge in [0.2, 0.25) is 5.82 Å². The molecule has 0 spiro atoms. The first-order valence-electron chi connectivity index (χ1n) is 13.6. The summed E-state index contributed by atoms with van der Waals surface area (Å²) in [5.41, 5.74) is 1.38. The van der Waals surface area contributed by atoms with Gasteiger partial charge in [-0.25, -0.2) is 4.39 Å². The van der Waals surface area contributed by atoms with Crippen molar-refractivity contribution in [2.75, 3.05) is 6.61 Å². The number of hydrogen-bond donors (Lipinski definition) is 0. The lowest BCUT2D eigenvalue weighted by Gasteiger charge is -2.28. The Labute approximate surface area is 204 Å². The van der Waals surface area contributed by atoms with E-state index in [9.17, 15) is 8.78 Å². The van der Waals surface area contributed by atoms with Crippen molar-refractivity contribution in [1.82, 2.24) is 10.2 Å². The van der Waals surface area contributed by atoms with E-state index < -0.39 is 11.6 Å². The fraction of sp³-hybridized carbons (Fsp3) is 0.655. The van der Waals surface area contributed by atoms with Crippen LogP contribution in [0.5, 0.6) is 5.75 Å². The summed E-state index contributed by atoms with van der Waals surface area (Å²) in [4.78, 5) is 0. The standard InChI is InChI=1S/C29H42F2N2O/c1-3-5-7-8-9-10-22-11-13-23(14-12-22)15-16-24-17-19-26(33-32-24)25-18-20-27(29(31)28(25)30)34-21-6-4-2/h17-20,22-23H,3-16,21H2,1-2H3. The number of ether oxygens (including phenoxy) is 1. The maximum atomic E-state index is 14.6. The van der Waals surface area contributed by atoms with Gasteiger partial charge >= 0.3 is 0 Å². The minimum absolute atomic E-state index is 0.0505. The van der Waals surface area contributed by atoms with Gasteiger partial charge in [-0.1, -0.05) is 84.5 Å². The number of aryl methyl sites for hydroxylation is 1. The molecule has 1 aromatic carbocycles. The molecule has 1 saturated carbocycles. The van der Waals surface area contributed by atoms with Crippen LogP contribution in [0.2, 0.25) is 0 Å². The van der Waals surface area contributed by atoms with Crippen molar-refractivity contribution >= 4 is 0 Å². The van der Waals surface area contributed by atoms with Crippen LogP contribution in [0.4, 0.5) is 8.78 Å². The zero-order valence-corrected chi connectivity index (χ0v) is 21.1. The highest BCUT2D eigenvalue weighted by Gasteiger charge is 2.21. The van der Waals surface area contributed by atoms with E-state index in [2.05, 4.69) is 17.1 Å². The van der Waals surface area contributed by atoms with Crippen LogP contribution in [-0.2, 0) is 6.42 Å². The predicted octanol–water partition coefficient (Wildman–Crippen LogP) is 8.70. The van der Waals surface area contributed by atoms with Crippen molar-refractivity contribution in [1.29, 1.82) is 0 Å². The highest BCUT2D eigenvalue weighted by molar-refractivity contribution is 5.61. The number of aromatic nitrogens is 2. The molecule has 0 N–H and O–H groups in total. The van der Waals surface area contributed by atoms with Gasteiger partial charge in [-0.3, -0.25) is 0 Å². The number of halogens is 2. The van der Waals surface area contributed by atoms with Gasteiger partial charge in [0.15, 0.2) is 11.6 Å². The second-order valence-electron chi connectivity index (χ2n) is 9.98. The SMILES string of the molecule is CCCCCCCC1CCC(CCc2ccc(-c3ccc(OCCCC)c(F)c3F)nn2)CC1. The molecule has 5 heteroatoms. The zero-order chi connectivity index (χ0) is 24.2. The fourth-order valence-corrected chi connectivity index (χ4v) is 5.00. The first kappa shape index (κ1) is 26.6. The Morgan fingerprint density at radius 2 is 1.47 bits per heavy atom. The first-order valence-corrected chi connectivity index (χ1v) is 13.6. The lowest BCUT2D eigenvalue weighted by atomic mass is 9.78. The average molecular weight is 473 g/mol. The van der Waals surface area contributed by atoms with Gasteiger partial charge in [0.1, 0.15) is 0 Å². The molecule has 1 aliphatic carbocycles. The number of benzene rings is 1. The summed E-state index contributed by atoms with van der Waals surface area (Å²) in [6.45, 7) is 4.67. The monoisotopic (exact) mass is 472 g/mol. The van der Waals surface area contributed by atoms with Gasteiger partial charge in [-0.05, 0) is 55.4 Å². The molecule has 0 bridgehead atoms. The summed E-state index contributed by atoms with van der Waals surface area (Å²) in [7, 11) is 0. The van der Waals surface area contributed by atoms with E-state index in [-0.39, 0.29) is 11.3 Å². The maximum Gasteiger partial charge on any atom is 0.201 e. The van der Waals surface area contributed by atoms with Crippen molar-refractivity contribution in [3.05, 3.63) is 41.6 Å². The number of rotatable bonds is 14. The number of hydrogen-bond acceptors (Lipinski definition) is 3. The van der Waals surface area contributed by atoms with E-state index in [1.807, 2.05) is 13.0 Å². The average Bonchev–Trinajstić information content (AvgIpc) is 2.86. The molecule has 3 rings (SSSR count). The Bertz CT molecular complexity index is 848. The van der Waals surface area contributed by atoms with E-state index >= 15 is 0 Å². The molecule has 1 heterocycles. The fourth-order valence-electron chi connectivity index (χ4n) is 5.00. The summed E-state index contributed by atoms with van der Waals surface area (Å²) in [6, 6.07) is 6.63. The van der Waals surface area contributed by atoms with Crippen molar-refractivity contribution in [3.63, 3.8) is 0 Å². The van der Waals surface area contributed by atoms with E-state index in [1.54, 1.807) is 6.07 Å². The summed E-state index contributed by atoms with van der Waals surface area (Å²) >= 11 is 0. The molecule has 1 fully saturated rings. The topological polar surface area (TPSA) is 35.0 Å². The van der Waals surface area contributed by atoms with Gasteiger partial charge in [-0.15, -0.1) is 0 Å². The minimum Gasteiger partial charge on any atom is -0.490 e. The largest absolute Gasteiger partial charge is 0.490 e. The predicted molar refractivity (Wildman–Crippen MR) is 135 cm³/mol. The molecule has 0 atom stereocenters. The van der Waals surface area contributed by atoms with Gasteiger partial charge < -0.3 is 4.74 Å². The number of nitrogens with zero attached hydrogens (tertiary/aromatic N) is 2. The van der Waals surface area contributed by atoms with E-state index in [0.717, 1.165) is 43.2 Å². The third kappa shape index (κ3) is 8.02. The lowest BCUT2D eigenvalue weighted by molar-refractivity contribution is 0.248. The summed E-state index contributed by atoms with van der Waals surface area (Å²) in [5.74, 6) is -0.250. The van der Waals surface area contributed by atoms with Crippen LogP contribution in [0.1, 0.15) is 103 Å². The maximum absolute atomic E-state index is 14.6. The summed E-state index contributed by atoms with van der Waals surface area (Å²) in [6.07, 6.45) is 17.4. The smallest absolute Gasteiger partial charge is 0.201 e. The molecule has 0 radical (unpaired) electrons. The highest BCUT2D eigenvalue weighted by Crippen LogP contribution is 2.34. The van der Waals surface area contributed by atoms with Crippen molar-refractivity contribution < 1.29 is 13.5 Å². The van der Waals surface area contributed by atoms with Crippen molar-refractivity contribution in [3.8, 4) is 17.0 Å². The summed E-state index contributed by atoms with van der Waals surface area (Å²) < 4.78 is 34.3. The molecule has 1 aliphatic rings. The molecule has 0 aliphatic heterocycles. The minimum atomic E-state index is -0.962. The van der Waals surface area contributed by atoms with Gasteiger partial charge in [0.05, 0.1) is 18.0 Å². The quantitative estimate of drug-likeness (QED) is 0.258. The molecule has 2 aromatic rings. The first-order chi connectivity index (χ1) is 16.6. The van der Waals surface area contributed by atoms with Crippen LogP contribution in [0.15, 0.2) is 24.3 Å². The molecule has 1 aromatic heterocycles. The molecule has 0 unspecified atom stereocenters. The normalized spacial score (nSPS) is 18.2. The lowest BCUT2D eigenvalue weighted by Crippen LogP contribution is -2.15. The molecule has 3 nitrogen and oxygen atoms in total. The van der Waals surface area contributed by atoms with Crippen LogP contribution in [-0.4, -0.2) is 16.8 Å². The van der Waals surface area contributed by atoms with Crippen molar-refractivity contribution in [2.24, 2.45) is 11.8 Å².